The molecular formula is C15H22N6O2. The van der Waals surface area contributed by atoms with Crippen molar-refractivity contribution in [1.82, 2.24) is 24.6 Å². The van der Waals surface area contributed by atoms with Gasteiger partial charge in [0.2, 0.25) is 11.8 Å². The highest BCUT2D eigenvalue weighted by molar-refractivity contribution is 5.93. The summed E-state index contributed by atoms with van der Waals surface area (Å²) < 4.78 is 3.32. The van der Waals surface area contributed by atoms with Crippen LogP contribution in [0.3, 0.4) is 0 Å². The zero-order valence-corrected chi connectivity index (χ0v) is 13.8. The predicted molar refractivity (Wildman–Crippen MR) is 86.0 cm³/mol. The quantitative estimate of drug-likeness (QED) is 0.835. The topological polar surface area (TPSA) is 93.8 Å². The van der Waals surface area contributed by atoms with E-state index in [9.17, 15) is 9.59 Å². The van der Waals surface area contributed by atoms with E-state index in [1.165, 1.54) is 10.9 Å². The Morgan fingerprint density at radius 2 is 2.04 bits per heavy atom. The third kappa shape index (κ3) is 3.97. The van der Waals surface area contributed by atoms with Gasteiger partial charge in [0.1, 0.15) is 18.4 Å². The van der Waals surface area contributed by atoms with Crippen molar-refractivity contribution < 1.29 is 9.59 Å². The zero-order valence-electron chi connectivity index (χ0n) is 13.8. The Hall–Kier alpha value is -2.64. The van der Waals surface area contributed by atoms with Crippen molar-refractivity contribution in [2.45, 2.75) is 39.3 Å². The molecule has 0 spiro atoms. The highest BCUT2D eigenvalue weighted by atomic mass is 16.2. The van der Waals surface area contributed by atoms with Crippen LogP contribution in [0.1, 0.15) is 38.6 Å². The van der Waals surface area contributed by atoms with Crippen LogP contribution < -0.4 is 10.6 Å². The van der Waals surface area contributed by atoms with Crippen LogP contribution in [0.2, 0.25) is 0 Å². The summed E-state index contributed by atoms with van der Waals surface area (Å²) in [4.78, 5) is 28.0. The van der Waals surface area contributed by atoms with Gasteiger partial charge in [-0.1, -0.05) is 13.8 Å². The van der Waals surface area contributed by atoms with Gasteiger partial charge in [-0.05, 0) is 6.92 Å². The Balaban J connectivity index is 2.04. The van der Waals surface area contributed by atoms with E-state index < -0.39 is 6.04 Å². The molecule has 0 radical (unpaired) electrons. The molecule has 0 saturated heterocycles. The SMILES string of the molecule is CNC(=O)Cn1cc(NC(=O)C(C)n2ccnc2C(C)C)cn1. The normalized spacial score (nSPS) is 12.2. The molecule has 0 saturated carbocycles. The molecule has 2 rings (SSSR count). The number of anilines is 1. The first-order valence-electron chi connectivity index (χ1n) is 7.49. The third-order valence-electron chi connectivity index (χ3n) is 3.50. The van der Waals surface area contributed by atoms with Crippen molar-refractivity contribution in [2.24, 2.45) is 0 Å². The molecule has 0 bridgehead atoms. The number of aromatic nitrogens is 4. The number of carbonyl (C=O) groups excluding carboxylic acids is 2. The first-order chi connectivity index (χ1) is 10.9. The minimum absolute atomic E-state index is 0.112. The lowest BCUT2D eigenvalue weighted by molar-refractivity contribution is -0.121. The lowest BCUT2D eigenvalue weighted by atomic mass is 10.2. The van der Waals surface area contributed by atoms with Gasteiger partial charge in [-0.25, -0.2) is 4.98 Å². The fourth-order valence-corrected chi connectivity index (χ4v) is 2.21. The second-order valence-corrected chi connectivity index (χ2v) is 5.61. The van der Waals surface area contributed by atoms with Crippen LogP contribution in [-0.2, 0) is 16.1 Å². The Morgan fingerprint density at radius 1 is 1.30 bits per heavy atom. The molecule has 2 N–H and O–H groups in total. The number of hydrogen-bond donors (Lipinski definition) is 2. The van der Waals surface area contributed by atoms with Crippen LogP contribution in [0, 0.1) is 0 Å². The van der Waals surface area contributed by atoms with Gasteiger partial charge in [-0.2, -0.15) is 5.10 Å². The molecule has 1 unspecified atom stereocenters. The third-order valence-corrected chi connectivity index (χ3v) is 3.50. The molecular weight excluding hydrogens is 296 g/mol. The minimum atomic E-state index is -0.391. The van der Waals surface area contributed by atoms with E-state index >= 15 is 0 Å². The van der Waals surface area contributed by atoms with E-state index in [0.29, 0.717) is 5.69 Å². The van der Waals surface area contributed by atoms with E-state index in [1.807, 2.05) is 25.3 Å². The molecule has 0 aromatic carbocycles. The van der Waals surface area contributed by atoms with Crippen molar-refractivity contribution in [3.8, 4) is 0 Å². The van der Waals surface area contributed by atoms with Crippen LogP contribution in [0.25, 0.3) is 0 Å². The summed E-state index contributed by atoms with van der Waals surface area (Å²) in [6, 6.07) is -0.391. The number of hydrogen-bond acceptors (Lipinski definition) is 4. The molecule has 23 heavy (non-hydrogen) atoms. The maximum absolute atomic E-state index is 12.4. The molecule has 2 aromatic heterocycles. The Kier molecular flexibility index (Phi) is 5.15. The summed E-state index contributed by atoms with van der Waals surface area (Å²) in [5.41, 5.74) is 0.553. The van der Waals surface area contributed by atoms with Crippen LogP contribution in [0.4, 0.5) is 5.69 Å². The molecule has 2 aromatic rings. The average Bonchev–Trinajstić information content (AvgIpc) is 3.15. The molecule has 0 aliphatic heterocycles. The molecule has 2 heterocycles. The second-order valence-electron chi connectivity index (χ2n) is 5.61. The van der Waals surface area contributed by atoms with Gasteiger partial charge in [0.05, 0.1) is 11.9 Å². The molecule has 124 valence electrons. The van der Waals surface area contributed by atoms with E-state index in [-0.39, 0.29) is 24.3 Å². The molecule has 8 nitrogen and oxygen atoms in total. The highest BCUT2D eigenvalue weighted by Crippen LogP contribution is 2.18. The standard InChI is InChI=1S/C15H22N6O2/c1-10(2)14-17-5-6-21(14)11(3)15(23)19-12-7-18-20(8-12)9-13(22)16-4/h5-8,10-11H,9H2,1-4H3,(H,16,22)(H,19,23). The summed E-state index contributed by atoms with van der Waals surface area (Å²) in [5.74, 6) is 0.780. The number of nitrogens with zero attached hydrogens (tertiary/aromatic N) is 4. The smallest absolute Gasteiger partial charge is 0.247 e. The summed E-state index contributed by atoms with van der Waals surface area (Å²) in [6.07, 6.45) is 6.64. The fraction of sp³-hybridized carbons (Fsp3) is 0.467. The molecule has 1 atom stereocenters. The van der Waals surface area contributed by atoms with E-state index in [4.69, 9.17) is 0 Å². The van der Waals surface area contributed by atoms with E-state index in [0.717, 1.165) is 5.82 Å². The van der Waals surface area contributed by atoms with Gasteiger partial charge in [0.15, 0.2) is 0 Å². The van der Waals surface area contributed by atoms with Crippen LogP contribution >= 0.6 is 0 Å². The summed E-state index contributed by atoms with van der Waals surface area (Å²) in [5, 5.41) is 9.37. The van der Waals surface area contributed by atoms with Gasteiger partial charge < -0.3 is 15.2 Å². The zero-order chi connectivity index (χ0) is 17.0. The van der Waals surface area contributed by atoms with Crippen LogP contribution in [0.15, 0.2) is 24.8 Å². The number of nitrogens with one attached hydrogen (secondary N) is 2. The Labute approximate surface area is 134 Å². The first kappa shape index (κ1) is 16.7. The first-order valence-corrected chi connectivity index (χ1v) is 7.49. The number of imidazole rings is 1. The summed E-state index contributed by atoms with van der Waals surface area (Å²) in [7, 11) is 1.56. The van der Waals surface area contributed by atoms with E-state index in [2.05, 4.69) is 20.7 Å². The Morgan fingerprint density at radius 3 is 2.70 bits per heavy atom. The highest BCUT2D eigenvalue weighted by Gasteiger charge is 2.19. The Bertz CT molecular complexity index is 688. The van der Waals surface area contributed by atoms with Crippen molar-refractivity contribution in [2.75, 3.05) is 12.4 Å². The number of likely N-dealkylation sites (N-methyl/N-ethyl adjacent to an activating group) is 1. The molecule has 8 heteroatoms. The molecule has 0 fully saturated rings. The lowest BCUT2D eigenvalue weighted by Gasteiger charge is -2.17. The van der Waals surface area contributed by atoms with Crippen molar-refractivity contribution in [3.63, 3.8) is 0 Å². The monoisotopic (exact) mass is 318 g/mol. The molecule has 0 aliphatic rings. The van der Waals surface area contributed by atoms with Crippen LogP contribution in [-0.4, -0.2) is 38.2 Å². The lowest BCUT2D eigenvalue weighted by Crippen LogP contribution is -2.25. The summed E-state index contributed by atoms with van der Waals surface area (Å²) in [6.45, 7) is 6.00. The van der Waals surface area contributed by atoms with Crippen molar-refractivity contribution in [1.29, 1.82) is 0 Å². The number of carbonyl (C=O) groups is 2. The predicted octanol–water partition coefficient (Wildman–Crippen LogP) is 1.15. The maximum atomic E-state index is 12.4. The summed E-state index contributed by atoms with van der Waals surface area (Å²) >= 11 is 0. The number of rotatable bonds is 6. The average molecular weight is 318 g/mol. The largest absolute Gasteiger partial charge is 0.358 e. The minimum Gasteiger partial charge on any atom is -0.358 e. The van der Waals surface area contributed by atoms with Crippen molar-refractivity contribution in [3.05, 3.63) is 30.6 Å². The van der Waals surface area contributed by atoms with Gasteiger partial charge in [0.25, 0.3) is 0 Å². The van der Waals surface area contributed by atoms with Gasteiger partial charge in [-0.15, -0.1) is 0 Å². The molecule has 2 amide bonds. The van der Waals surface area contributed by atoms with E-state index in [1.54, 1.807) is 25.6 Å². The van der Waals surface area contributed by atoms with Gasteiger partial charge in [0, 0.05) is 31.6 Å². The van der Waals surface area contributed by atoms with Crippen LogP contribution in [0.5, 0.6) is 0 Å². The molecule has 0 aliphatic carbocycles. The van der Waals surface area contributed by atoms with Crippen molar-refractivity contribution >= 4 is 17.5 Å². The second kappa shape index (κ2) is 7.08. The fourth-order valence-electron chi connectivity index (χ4n) is 2.21. The maximum Gasteiger partial charge on any atom is 0.247 e. The van der Waals surface area contributed by atoms with Gasteiger partial charge in [-0.3, -0.25) is 14.3 Å². The van der Waals surface area contributed by atoms with Gasteiger partial charge >= 0.3 is 0 Å². The number of amides is 2.